The molecule has 0 radical (unpaired) electrons. The lowest BCUT2D eigenvalue weighted by Gasteiger charge is -2.08. The smallest absolute Gasteiger partial charge is 0.298 e. The molecule has 112 valence electrons. The predicted octanol–water partition coefficient (Wildman–Crippen LogP) is 2.23. The topological polar surface area (TPSA) is 79.9 Å². The number of halogens is 3. The van der Waals surface area contributed by atoms with Crippen molar-refractivity contribution in [2.75, 3.05) is 5.75 Å². The Labute approximate surface area is 117 Å². The zero-order chi connectivity index (χ0) is 15.7. The second-order valence-corrected chi connectivity index (χ2v) is 6.21. The lowest BCUT2D eigenvalue weighted by molar-refractivity contribution is -0.106. The SMILES string of the molecule is O=Cc1cn[nH]c1-c1ccc(S(=O)(=O)CC(F)(F)F)cc1. The number of alkyl halides is 3. The molecule has 0 aliphatic heterocycles. The molecule has 21 heavy (non-hydrogen) atoms. The van der Waals surface area contributed by atoms with Crippen molar-refractivity contribution in [1.82, 2.24) is 10.2 Å². The Morgan fingerprint density at radius 2 is 1.81 bits per heavy atom. The molecule has 0 aliphatic carbocycles. The number of sulfone groups is 1. The molecule has 2 rings (SSSR count). The van der Waals surface area contributed by atoms with Crippen LogP contribution in [-0.2, 0) is 9.84 Å². The molecule has 0 spiro atoms. The number of carbonyl (C=O) groups excluding carboxylic acids is 1. The Kier molecular flexibility index (Phi) is 3.86. The summed E-state index contributed by atoms with van der Waals surface area (Å²) in [5.74, 6) is -1.91. The molecule has 0 saturated heterocycles. The molecule has 9 heteroatoms. The van der Waals surface area contributed by atoms with Crippen LogP contribution in [0.4, 0.5) is 13.2 Å². The van der Waals surface area contributed by atoms with E-state index in [1.165, 1.54) is 18.3 Å². The number of hydrogen-bond donors (Lipinski definition) is 1. The number of nitrogens with one attached hydrogen (secondary N) is 1. The van der Waals surface area contributed by atoms with Crippen LogP contribution in [-0.4, -0.2) is 36.8 Å². The van der Waals surface area contributed by atoms with Gasteiger partial charge in [-0.15, -0.1) is 0 Å². The third-order valence-electron chi connectivity index (χ3n) is 2.65. The van der Waals surface area contributed by atoms with E-state index < -0.39 is 26.7 Å². The van der Waals surface area contributed by atoms with Gasteiger partial charge in [0.25, 0.3) is 0 Å². The van der Waals surface area contributed by atoms with E-state index in [1.54, 1.807) is 0 Å². The number of rotatable bonds is 4. The van der Waals surface area contributed by atoms with Crippen molar-refractivity contribution in [3.8, 4) is 11.3 Å². The van der Waals surface area contributed by atoms with E-state index in [1.807, 2.05) is 0 Å². The van der Waals surface area contributed by atoms with Gasteiger partial charge in [-0.2, -0.15) is 18.3 Å². The summed E-state index contributed by atoms with van der Waals surface area (Å²) < 4.78 is 59.8. The van der Waals surface area contributed by atoms with Gasteiger partial charge in [0.2, 0.25) is 0 Å². The average molecular weight is 318 g/mol. The van der Waals surface area contributed by atoms with Gasteiger partial charge in [-0.1, -0.05) is 12.1 Å². The van der Waals surface area contributed by atoms with E-state index >= 15 is 0 Å². The number of benzene rings is 1. The normalized spacial score (nSPS) is 12.3. The maximum Gasteiger partial charge on any atom is 0.403 e. The number of aromatic amines is 1. The Morgan fingerprint density at radius 1 is 1.19 bits per heavy atom. The third kappa shape index (κ3) is 3.48. The molecular weight excluding hydrogens is 309 g/mol. The fraction of sp³-hybridized carbons (Fsp3) is 0.167. The monoisotopic (exact) mass is 318 g/mol. The molecule has 1 heterocycles. The van der Waals surface area contributed by atoms with Crippen molar-refractivity contribution in [2.24, 2.45) is 0 Å². The lowest BCUT2D eigenvalue weighted by Crippen LogP contribution is -2.22. The van der Waals surface area contributed by atoms with Crippen LogP contribution in [0, 0.1) is 0 Å². The van der Waals surface area contributed by atoms with Gasteiger partial charge in [0.15, 0.2) is 21.9 Å². The van der Waals surface area contributed by atoms with Gasteiger partial charge >= 0.3 is 6.18 Å². The first-order chi connectivity index (χ1) is 9.73. The van der Waals surface area contributed by atoms with Crippen molar-refractivity contribution < 1.29 is 26.4 Å². The van der Waals surface area contributed by atoms with Crippen LogP contribution in [0.3, 0.4) is 0 Å². The van der Waals surface area contributed by atoms with Crippen molar-refractivity contribution in [2.45, 2.75) is 11.1 Å². The Morgan fingerprint density at radius 3 is 2.33 bits per heavy atom. The zero-order valence-electron chi connectivity index (χ0n) is 10.4. The Balaban J connectivity index is 2.34. The molecule has 0 atom stereocenters. The number of H-pyrrole nitrogens is 1. The van der Waals surface area contributed by atoms with Crippen LogP contribution in [0.1, 0.15) is 10.4 Å². The summed E-state index contributed by atoms with van der Waals surface area (Å²) in [6.07, 6.45) is -2.95. The Hall–Kier alpha value is -2.16. The summed E-state index contributed by atoms with van der Waals surface area (Å²) in [7, 11) is -4.44. The number of hydrogen-bond acceptors (Lipinski definition) is 4. The molecule has 1 N–H and O–H groups in total. The molecular formula is C12H9F3N2O3S. The first-order valence-corrected chi connectivity index (χ1v) is 7.27. The van der Waals surface area contributed by atoms with Gasteiger partial charge in [0.05, 0.1) is 22.3 Å². The van der Waals surface area contributed by atoms with Crippen molar-refractivity contribution >= 4 is 16.1 Å². The quantitative estimate of drug-likeness (QED) is 0.877. The summed E-state index contributed by atoms with van der Waals surface area (Å²) >= 11 is 0. The molecule has 5 nitrogen and oxygen atoms in total. The van der Waals surface area contributed by atoms with E-state index in [0.717, 1.165) is 12.1 Å². The first kappa shape index (κ1) is 15.2. The predicted molar refractivity (Wildman–Crippen MR) is 67.5 cm³/mol. The van der Waals surface area contributed by atoms with Gasteiger partial charge in [-0.25, -0.2) is 8.42 Å². The summed E-state index contributed by atoms with van der Waals surface area (Å²) in [4.78, 5) is 10.3. The van der Waals surface area contributed by atoms with E-state index in [-0.39, 0.29) is 5.56 Å². The zero-order valence-corrected chi connectivity index (χ0v) is 11.2. The van der Waals surface area contributed by atoms with Crippen molar-refractivity contribution in [3.63, 3.8) is 0 Å². The molecule has 2 aromatic rings. The second kappa shape index (κ2) is 5.32. The van der Waals surface area contributed by atoms with Crippen LogP contribution in [0.25, 0.3) is 11.3 Å². The highest BCUT2D eigenvalue weighted by Crippen LogP contribution is 2.25. The van der Waals surface area contributed by atoms with Crippen LogP contribution in [0.5, 0.6) is 0 Å². The molecule has 1 aromatic heterocycles. The molecule has 0 bridgehead atoms. The van der Waals surface area contributed by atoms with E-state index in [4.69, 9.17) is 0 Å². The minimum absolute atomic E-state index is 0.265. The van der Waals surface area contributed by atoms with E-state index in [9.17, 15) is 26.4 Å². The van der Waals surface area contributed by atoms with Gasteiger partial charge in [-0.05, 0) is 12.1 Å². The van der Waals surface area contributed by atoms with Gasteiger partial charge in [0, 0.05) is 5.56 Å². The maximum atomic E-state index is 12.2. The molecule has 0 aliphatic rings. The van der Waals surface area contributed by atoms with E-state index in [2.05, 4.69) is 10.2 Å². The molecule has 0 amide bonds. The Bertz CT molecular complexity index is 749. The molecule has 0 fully saturated rings. The second-order valence-electron chi connectivity index (χ2n) is 4.22. The fourth-order valence-electron chi connectivity index (χ4n) is 1.74. The maximum absolute atomic E-state index is 12.2. The summed E-state index contributed by atoms with van der Waals surface area (Å²) in [5.41, 5.74) is 1.08. The van der Waals surface area contributed by atoms with Crippen molar-refractivity contribution in [3.05, 3.63) is 36.0 Å². The molecule has 1 aromatic carbocycles. The number of nitrogens with zero attached hydrogens (tertiary/aromatic N) is 1. The highest BCUT2D eigenvalue weighted by Gasteiger charge is 2.35. The average Bonchev–Trinajstić information content (AvgIpc) is 2.84. The number of aldehydes is 1. The fourth-order valence-corrected chi connectivity index (χ4v) is 2.89. The van der Waals surface area contributed by atoms with Gasteiger partial charge < -0.3 is 0 Å². The number of carbonyl (C=O) groups is 1. The van der Waals surface area contributed by atoms with Crippen LogP contribution < -0.4 is 0 Å². The highest BCUT2D eigenvalue weighted by atomic mass is 32.2. The minimum atomic E-state index is -4.80. The van der Waals surface area contributed by atoms with Gasteiger partial charge in [0.1, 0.15) is 0 Å². The lowest BCUT2D eigenvalue weighted by atomic mass is 10.1. The summed E-state index contributed by atoms with van der Waals surface area (Å²) in [6, 6.07) is 4.74. The van der Waals surface area contributed by atoms with E-state index in [0.29, 0.717) is 17.5 Å². The first-order valence-electron chi connectivity index (χ1n) is 5.61. The molecule has 0 unspecified atom stereocenters. The third-order valence-corrected chi connectivity index (χ3v) is 4.35. The molecule has 0 saturated carbocycles. The standard InChI is InChI=1S/C12H9F3N2O3S/c13-12(14,15)7-21(19,20)10-3-1-8(2-4-10)11-9(6-18)5-16-17-11/h1-6H,7H2,(H,16,17). The largest absolute Gasteiger partial charge is 0.403 e. The van der Waals surface area contributed by atoms with Crippen LogP contribution in [0.2, 0.25) is 0 Å². The van der Waals surface area contributed by atoms with Crippen molar-refractivity contribution in [1.29, 1.82) is 0 Å². The summed E-state index contributed by atoms with van der Waals surface area (Å²) in [5, 5.41) is 6.22. The minimum Gasteiger partial charge on any atom is -0.298 e. The van der Waals surface area contributed by atoms with Crippen LogP contribution >= 0.6 is 0 Å². The highest BCUT2D eigenvalue weighted by molar-refractivity contribution is 7.91. The van der Waals surface area contributed by atoms with Crippen LogP contribution in [0.15, 0.2) is 35.4 Å². The summed E-state index contributed by atoms with van der Waals surface area (Å²) in [6.45, 7) is 0. The number of aromatic nitrogens is 2. The van der Waals surface area contributed by atoms with Gasteiger partial charge in [-0.3, -0.25) is 9.89 Å².